The number of carbonyl (C=O) groups excluding carboxylic acids is 2. The number of hydrogen-bond acceptors (Lipinski definition) is 5. The van der Waals surface area contributed by atoms with Gasteiger partial charge >= 0.3 is 5.97 Å². The highest BCUT2D eigenvalue weighted by Gasteiger charge is 2.21. The zero-order valence-corrected chi connectivity index (χ0v) is 26.2. The van der Waals surface area contributed by atoms with Gasteiger partial charge in [-0.3, -0.25) is 14.4 Å². The molecule has 3 rings (SSSR count). The number of rotatable bonds is 20. The zero-order chi connectivity index (χ0) is 31.7. The summed E-state index contributed by atoms with van der Waals surface area (Å²) in [6.45, 7) is 3.92. The first-order chi connectivity index (χ1) is 21.3. The Bertz CT molecular complexity index is 1370. The molecule has 4 N–H and O–H groups in total. The maximum Gasteiger partial charge on any atom is 0.309 e. The lowest BCUT2D eigenvalue weighted by atomic mass is 10.00. The van der Waals surface area contributed by atoms with E-state index in [-0.39, 0.29) is 30.4 Å². The van der Waals surface area contributed by atoms with Gasteiger partial charge in [0.05, 0.1) is 11.5 Å². The van der Waals surface area contributed by atoms with Crippen molar-refractivity contribution in [1.82, 2.24) is 5.32 Å². The third kappa shape index (κ3) is 10.9. The lowest BCUT2D eigenvalue weighted by Gasteiger charge is -2.17. The van der Waals surface area contributed by atoms with Gasteiger partial charge in [0.15, 0.2) is 0 Å². The van der Waals surface area contributed by atoms with Gasteiger partial charge in [-0.2, -0.15) is 0 Å². The third-order valence-electron chi connectivity index (χ3n) is 7.93. The Balaban J connectivity index is 1.59. The normalized spacial score (nSPS) is 11.7. The van der Waals surface area contributed by atoms with Crippen LogP contribution in [-0.4, -0.2) is 41.1 Å². The number of aliphatic carboxylic acids is 1. The van der Waals surface area contributed by atoms with Crippen LogP contribution in [0.15, 0.2) is 54.6 Å². The van der Waals surface area contributed by atoms with Gasteiger partial charge in [0.1, 0.15) is 18.1 Å². The van der Waals surface area contributed by atoms with Gasteiger partial charge in [-0.1, -0.05) is 114 Å². The van der Waals surface area contributed by atoms with E-state index in [0.717, 1.165) is 24.8 Å². The lowest BCUT2D eigenvalue weighted by molar-refractivity contribution is -0.143. The lowest BCUT2D eigenvalue weighted by Crippen LogP contribution is -2.26. The predicted octanol–water partition coefficient (Wildman–Crippen LogP) is 7.87. The van der Waals surface area contributed by atoms with Gasteiger partial charge in [-0.15, -0.1) is 0 Å². The standard InChI is InChI=1S/C36H48N2O6/c1-3-4-5-6-7-8-9-10-11-12-18-28(36(42)43)25-44-33-24-31(34(40)30-20-15-14-19-29(30)33)35(41)37-23-22-27-17-13-16-21-32(27)38-26(2)39/h13-17,19-21,24,28,40H,3-12,18,22-23,25H2,1-2H3,(H,37,41)(H,38,39)(H,42,43). The number of carboxylic acid groups (broad SMARTS) is 1. The molecule has 0 fully saturated rings. The van der Waals surface area contributed by atoms with E-state index in [2.05, 4.69) is 17.6 Å². The average molecular weight is 605 g/mol. The molecule has 0 aliphatic heterocycles. The highest BCUT2D eigenvalue weighted by molar-refractivity contribution is 6.05. The molecule has 0 saturated heterocycles. The van der Waals surface area contributed by atoms with Crippen LogP contribution in [0.3, 0.4) is 0 Å². The number of hydrogen-bond donors (Lipinski definition) is 4. The summed E-state index contributed by atoms with van der Waals surface area (Å²) >= 11 is 0. The first-order valence-electron chi connectivity index (χ1n) is 16.1. The molecule has 0 aromatic heterocycles. The van der Waals surface area contributed by atoms with Crippen LogP contribution in [0.5, 0.6) is 11.5 Å². The summed E-state index contributed by atoms with van der Waals surface area (Å²) in [4.78, 5) is 36.7. The molecule has 2 amide bonds. The summed E-state index contributed by atoms with van der Waals surface area (Å²) in [5, 5.41) is 27.5. The second kappa shape index (κ2) is 18.6. The number of carbonyl (C=O) groups is 3. The van der Waals surface area contributed by atoms with Crippen molar-refractivity contribution in [2.75, 3.05) is 18.5 Å². The Morgan fingerprint density at radius 3 is 2.11 bits per heavy atom. The number of carboxylic acids is 1. The fourth-order valence-electron chi connectivity index (χ4n) is 5.42. The molecular formula is C36H48N2O6. The number of anilines is 1. The number of unbranched alkanes of at least 4 members (excludes halogenated alkanes) is 9. The molecular weight excluding hydrogens is 556 g/mol. The van der Waals surface area contributed by atoms with E-state index in [4.69, 9.17) is 4.74 Å². The van der Waals surface area contributed by atoms with Gasteiger partial charge in [0.25, 0.3) is 5.91 Å². The average Bonchev–Trinajstić information content (AvgIpc) is 3.00. The van der Waals surface area contributed by atoms with Crippen molar-refractivity contribution in [1.29, 1.82) is 0 Å². The van der Waals surface area contributed by atoms with E-state index in [1.807, 2.05) is 18.2 Å². The smallest absolute Gasteiger partial charge is 0.309 e. The van der Waals surface area contributed by atoms with Crippen molar-refractivity contribution < 1.29 is 29.3 Å². The van der Waals surface area contributed by atoms with Crippen molar-refractivity contribution in [3.63, 3.8) is 0 Å². The maximum absolute atomic E-state index is 13.2. The molecule has 0 radical (unpaired) electrons. The molecule has 8 heteroatoms. The third-order valence-corrected chi connectivity index (χ3v) is 7.93. The second-order valence-corrected chi connectivity index (χ2v) is 11.5. The van der Waals surface area contributed by atoms with Gasteiger partial charge in [-0.05, 0) is 30.5 Å². The summed E-state index contributed by atoms with van der Waals surface area (Å²) in [5.41, 5.74) is 1.61. The van der Waals surface area contributed by atoms with E-state index >= 15 is 0 Å². The van der Waals surface area contributed by atoms with Crippen molar-refractivity contribution >= 4 is 34.2 Å². The van der Waals surface area contributed by atoms with Gasteiger partial charge in [0.2, 0.25) is 5.91 Å². The van der Waals surface area contributed by atoms with Crippen LogP contribution >= 0.6 is 0 Å². The predicted molar refractivity (Wildman–Crippen MR) is 175 cm³/mol. The van der Waals surface area contributed by atoms with Crippen molar-refractivity contribution in [3.05, 3.63) is 65.7 Å². The molecule has 8 nitrogen and oxygen atoms in total. The quantitative estimate of drug-likeness (QED) is 0.0973. The first kappa shape index (κ1) is 34.4. The summed E-state index contributed by atoms with van der Waals surface area (Å²) in [6, 6.07) is 15.9. The van der Waals surface area contributed by atoms with E-state index in [9.17, 15) is 24.6 Å². The second-order valence-electron chi connectivity index (χ2n) is 11.5. The number of amides is 2. The van der Waals surface area contributed by atoms with Crippen LogP contribution in [-0.2, 0) is 16.0 Å². The van der Waals surface area contributed by atoms with E-state index < -0.39 is 17.8 Å². The summed E-state index contributed by atoms with van der Waals surface area (Å²) < 4.78 is 6.05. The number of para-hydroxylation sites is 1. The van der Waals surface area contributed by atoms with Gasteiger partial charge in [0, 0.05) is 29.9 Å². The molecule has 0 bridgehead atoms. The maximum atomic E-state index is 13.2. The summed E-state index contributed by atoms with van der Waals surface area (Å²) in [6.07, 6.45) is 12.8. The minimum Gasteiger partial charge on any atom is -0.506 e. The van der Waals surface area contributed by atoms with Crippen LogP contribution in [0.4, 0.5) is 5.69 Å². The van der Waals surface area contributed by atoms with Crippen LogP contribution in [0.25, 0.3) is 10.8 Å². The number of aromatic hydroxyl groups is 1. The highest BCUT2D eigenvalue weighted by atomic mass is 16.5. The molecule has 3 aromatic rings. The van der Waals surface area contributed by atoms with Gasteiger partial charge < -0.3 is 25.6 Å². The van der Waals surface area contributed by atoms with Crippen LogP contribution < -0.4 is 15.4 Å². The number of phenolic OH excluding ortho intramolecular Hbond substituents is 1. The van der Waals surface area contributed by atoms with Crippen molar-refractivity contribution in [3.8, 4) is 11.5 Å². The molecule has 0 heterocycles. The Hall–Kier alpha value is -4.07. The summed E-state index contributed by atoms with van der Waals surface area (Å²) in [7, 11) is 0. The van der Waals surface area contributed by atoms with E-state index in [1.54, 1.807) is 30.3 Å². The molecule has 0 aliphatic carbocycles. The fourth-order valence-corrected chi connectivity index (χ4v) is 5.42. The van der Waals surface area contributed by atoms with Crippen molar-refractivity contribution in [2.45, 2.75) is 90.9 Å². The molecule has 0 saturated carbocycles. The number of nitrogens with one attached hydrogen (secondary N) is 2. The minimum absolute atomic E-state index is 0.0253. The molecule has 0 aliphatic rings. The number of fused-ring (bicyclic) bond motifs is 1. The number of phenols is 1. The largest absolute Gasteiger partial charge is 0.506 e. The van der Waals surface area contributed by atoms with Crippen molar-refractivity contribution in [2.24, 2.45) is 5.92 Å². The molecule has 1 unspecified atom stereocenters. The molecule has 0 spiro atoms. The van der Waals surface area contributed by atoms with E-state index in [0.29, 0.717) is 35.1 Å². The molecule has 238 valence electrons. The van der Waals surface area contributed by atoms with Crippen LogP contribution in [0.2, 0.25) is 0 Å². The fraction of sp³-hybridized carbons (Fsp3) is 0.472. The van der Waals surface area contributed by atoms with E-state index in [1.165, 1.54) is 57.9 Å². The topological polar surface area (TPSA) is 125 Å². The molecule has 1 atom stereocenters. The van der Waals surface area contributed by atoms with Crippen LogP contribution in [0, 0.1) is 5.92 Å². The highest BCUT2D eigenvalue weighted by Crippen LogP contribution is 2.36. The Morgan fingerprint density at radius 1 is 0.841 bits per heavy atom. The first-order valence-corrected chi connectivity index (χ1v) is 16.1. The van der Waals surface area contributed by atoms with Crippen LogP contribution in [0.1, 0.15) is 100 Å². The number of ether oxygens (including phenoxy) is 1. The minimum atomic E-state index is -0.901. The Labute approximate surface area is 261 Å². The molecule has 3 aromatic carbocycles. The Morgan fingerprint density at radius 2 is 1.45 bits per heavy atom. The molecule has 44 heavy (non-hydrogen) atoms. The van der Waals surface area contributed by atoms with Gasteiger partial charge in [-0.25, -0.2) is 0 Å². The Kier molecular flexibility index (Phi) is 14.5. The summed E-state index contributed by atoms with van der Waals surface area (Å²) in [5.74, 6) is -2.03. The SMILES string of the molecule is CCCCCCCCCCCCC(COc1cc(C(=O)NCCc2ccccc2NC(C)=O)c(O)c2ccccc12)C(=O)O. The number of benzene rings is 3. The monoisotopic (exact) mass is 604 g/mol. The zero-order valence-electron chi connectivity index (χ0n) is 26.2.